The third-order valence-electron chi connectivity index (χ3n) is 3.44. The number of fused-ring (bicyclic) bond motifs is 1. The van der Waals surface area contributed by atoms with Crippen LogP contribution in [0.15, 0.2) is 6.07 Å². The Balaban J connectivity index is 2.09. The van der Waals surface area contributed by atoms with Gasteiger partial charge in [-0.25, -0.2) is 4.98 Å². The van der Waals surface area contributed by atoms with Crippen molar-refractivity contribution in [2.75, 3.05) is 37.0 Å². The van der Waals surface area contributed by atoms with Crippen molar-refractivity contribution in [2.45, 2.75) is 26.4 Å². The average Bonchev–Trinajstić information content (AvgIpc) is 2.76. The maximum Gasteiger partial charge on any atom is 0.225 e. The second kappa shape index (κ2) is 4.86. The van der Waals surface area contributed by atoms with Gasteiger partial charge in [-0.1, -0.05) is 0 Å². The first-order chi connectivity index (χ1) is 9.48. The Morgan fingerprint density at radius 3 is 2.90 bits per heavy atom. The van der Waals surface area contributed by atoms with Gasteiger partial charge in [-0.2, -0.15) is 4.98 Å². The summed E-state index contributed by atoms with van der Waals surface area (Å²) in [6.07, 6.45) is 0. The summed E-state index contributed by atoms with van der Waals surface area (Å²) in [6, 6.07) is 2.18. The number of hydrogen-bond acceptors (Lipinski definition) is 6. The van der Waals surface area contributed by atoms with Gasteiger partial charge >= 0.3 is 0 Å². The maximum absolute atomic E-state index is 5.79. The lowest BCUT2D eigenvalue weighted by Gasteiger charge is -2.39. The van der Waals surface area contributed by atoms with Crippen LogP contribution in [-0.4, -0.2) is 42.3 Å². The van der Waals surface area contributed by atoms with Crippen molar-refractivity contribution in [3.63, 3.8) is 0 Å². The third kappa shape index (κ3) is 2.45. The molecule has 2 aromatic heterocycles. The number of thiophene rings is 1. The Hall–Kier alpha value is -1.40. The number of aryl methyl sites for hydroxylation is 1. The number of rotatable bonds is 2. The van der Waals surface area contributed by atoms with Crippen molar-refractivity contribution in [3.05, 3.63) is 10.9 Å². The largest absolute Gasteiger partial charge is 0.372 e. The smallest absolute Gasteiger partial charge is 0.225 e. The summed E-state index contributed by atoms with van der Waals surface area (Å²) < 4.78 is 5.79. The zero-order valence-electron chi connectivity index (χ0n) is 12.4. The van der Waals surface area contributed by atoms with Crippen LogP contribution < -0.4 is 10.2 Å². The van der Waals surface area contributed by atoms with Gasteiger partial charge in [-0.15, -0.1) is 11.3 Å². The van der Waals surface area contributed by atoms with Crippen LogP contribution in [0.2, 0.25) is 0 Å². The van der Waals surface area contributed by atoms with Gasteiger partial charge < -0.3 is 15.0 Å². The van der Waals surface area contributed by atoms with E-state index in [0.717, 1.165) is 35.7 Å². The van der Waals surface area contributed by atoms with E-state index in [-0.39, 0.29) is 5.60 Å². The van der Waals surface area contributed by atoms with E-state index in [1.807, 2.05) is 7.05 Å². The molecule has 20 heavy (non-hydrogen) atoms. The Labute approximate surface area is 123 Å². The van der Waals surface area contributed by atoms with Crippen molar-refractivity contribution in [1.29, 1.82) is 0 Å². The van der Waals surface area contributed by atoms with Crippen LogP contribution in [-0.2, 0) is 4.74 Å². The van der Waals surface area contributed by atoms with Crippen LogP contribution in [0.4, 0.5) is 11.8 Å². The molecule has 1 N–H and O–H groups in total. The van der Waals surface area contributed by atoms with Gasteiger partial charge in [0.25, 0.3) is 0 Å². The zero-order chi connectivity index (χ0) is 14.3. The van der Waals surface area contributed by atoms with Gasteiger partial charge in [0.15, 0.2) is 0 Å². The van der Waals surface area contributed by atoms with Crippen LogP contribution in [0.3, 0.4) is 0 Å². The normalized spacial score (nSPS) is 18.5. The highest BCUT2D eigenvalue weighted by Crippen LogP contribution is 2.33. The summed E-state index contributed by atoms with van der Waals surface area (Å²) in [5.74, 6) is 1.69. The minimum atomic E-state index is -0.138. The molecule has 6 heteroatoms. The van der Waals surface area contributed by atoms with Crippen molar-refractivity contribution >= 4 is 33.3 Å². The van der Waals surface area contributed by atoms with E-state index >= 15 is 0 Å². The first-order valence-electron chi connectivity index (χ1n) is 6.83. The predicted octanol–water partition coefficient (Wildman–Crippen LogP) is 2.66. The SMILES string of the molecule is CNc1nc(N2CCOC(C)(C)C2)c2cc(C)sc2n1. The van der Waals surface area contributed by atoms with Crippen molar-refractivity contribution in [3.8, 4) is 0 Å². The molecule has 0 spiro atoms. The summed E-state index contributed by atoms with van der Waals surface area (Å²) in [6.45, 7) is 8.80. The van der Waals surface area contributed by atoms with E-state index in [1.54, 1.807) is 11.3 Å². The molecule has 0 atom stereocenters. The molecule has 0 bridgehead atoms. The minimum Gasteiger partial charge on any atom is -0.372 e. The Bertz CT molecular complexity index is 637. The summed E-state index contributed by atoms with van der Waals surface area (Å²) in [5, 5.41) is 4.20. The predicted molar refractivity (Wildman–Crippen MR) is 83.9 cm³/mol. The summed E-state index contributed by atoms with van der Waals surface area (Å²) >= 11 is 1.71. The first-order valence-corrected chi connectivity index (χ1v) is 7.65. The van der Waals surface area contributed by atoms with Gasteiger partial charge in [0, 0.05) is 25.0 Å². The molecule has 5 nitrogen and oxygen atoms in total. The molecule has 0 amide bonds. The Kier molecular flexibility index (Phi) is 3.30. The quantitative estimate of drug-likeness (QED) is 0.922. The number of nitrogens with zero attached hydrogens (tertiary/aromatic N) is 3. The highest BCUT2D eigenvalue weighted by atomic mass is 32.1. The van der Waals surface area contributed by atoms with Crippen LogP contribution in [0.5, 0.6) is 0 Å². The first kappa shape index (κ1) is 13.6. The molecule has 2 aromatic rings. The van der Waals surface area contributed by atoms with Gasteiger partial charge in [0.1, 0.15) is 10.6 Å². The highest BCUT2D eigenvalue weighted by Gasteiger charge is 2.29. The van der Waals surface area contributed by atoms with Gasteiger partial charge in [-0.05, 0) is 26.8 Å². The molecule has 0 aliphatic carbocycles. The fourth-order valence-electron chi connectivity index (χ4n) is 2.58. The summed E-state index contributed by atoms with van der Waals surface area (Å²) in [7, 11) is 1.86. The fraction of sp³-hybridized carbons (Fsp3) is 0.571. The van der Waals surface area contributed by atoms with Gasteiger partial charge in [-0.3, -0.25) is 0 Å². The van der Waals surface area contributed by atoms with Crippen molar-refractivity contribution < 1.29 is 4.74 Å². The lowest BCUT2D eigenvalue weighted by Crippen LogP contribution is -2.48. The average molecular weight is 292 g/mol. The van der Waals surface area contributed by atoms with Crippen LogP contribution >= 0.6 is 11.3 Å². The molecular weight excluding hydrogens is 272 g/mol. The molecule has 0 radical (unpaired) electrons. The molecule has 3 rings (SSSR count). The zero-order valence-corrected chi connectivity index (χ0v) is 13.2. The lowest BCUT2D eigenvalue weighted by atomic mass is 10.1. The van der Waals surface area contributed by atoms with E-state index < -0.39 is 0 Å². The van der Waals surface area contributed by atoms with E-state index in [4.69, 9.17) is 4.74 Å². The Morgan fingerprint density at radius 1 is 1.40 bits per heavy atom. The molecule has 3 heterocycles. The maximum atomic E-state index is 5.79. The second-order valence-electron chi connectivity index (χ2n) is 5.73. The fourth-order valence-corrected chi connectivity index (χ4v) is 3.45. The van der Waals surface area contributed by atoms with Crippen LogP contribution in [0.1, 0.15) is 18.7 Å². The molecule has 108 valence electrons. The van der Waals surface area contributed by atoms with E-state index in [2.05, 4.69) is 47.0 Å². The van der Waals surface area contributed by atoms with Crippen molar-refractivity contribution in [2.24, 2.45) is 0 Å². The van der Waals surface area contributed by atoms with Crippen molar-refractivity contribution in [1.82, 2.24) is 9.97 Å². The van der Waals surface area contributed by atoms with Crippen LogP contribution in [0.25, 0.3) is 10.2 Å². The Morgan fingerprint density at radius 2 is 2.20 bits per heavy atom. The second-order valence-corrected chi connectivity index (χ2v) is 6.96. The van der Waals surface area contributed by atoms with E-state index in [0.29, 0.717) is 5.95 Å². The number of aromatic nitrogens is 2. The standard InChI is InChI=1S/C14H20N4OS/c1-9-7-10-11(16-13(15-4)17-12(10)20-9)18-5-6-19-14(2,3)8-18/h7H,5-6,8H2,1-4H3,(H,15,16,17). The molecule has 1 aliphatic heterocycles. The third-order valence-corrected chi connectivity index (χ3v) is 4.39. The molecule has 1 fully saturated rings. The van der Waals surface area contributed by atoms with Crippen LogP contribution in [0, 0.1) is 6.92 Å². The van der Waals surface area contributed by atoms with Gasteiger partial charge in [0.2, 0.25) is 5.95 Å². The monoisotopic (exact) mass is 292 g/mol. The number of nitrogens with one attached hydrogen (secondary N) is 1. The number of anilines is 2. The number of hydrogen-bond donors (Lipinski definition) is 1. The molecule has 1 aliphatic rings. The molecule has 1 saturated heterocycles. The topological polar surface area (TPSA) is 50.3 Å². The highest BCUT2D eigenvalue weighted by molar-refractivity contribution is 7.18. The van der Waals surface area contributed by atoms with Gasteiger partial charge in [0.05, 0.1) is 17.6 Å². The van der Waals surface area contributed by atoms with E-state index in [1.165, 1.54) is 4.88 Å². The van der Waals surface area contributed by atoms with E-state index in [9.17, 15) is 0 Å². The molecule has 0 aromatic carbocycles. The minimum absolute atomic E-state index is 0.138. The summed E-state index contributed by atoms with van der Waals surface area (Å²) in [4.78, 5) is 13.8. The number of morpholine rings is 1. The number of ether oxygens (including phenoxy) is 1. The molecule has 0 unspecified atom stereocenters. The molecular formula is C14H20N4OS. The summed E-state index contributed by atoms with van der Waals surface area (Å²) in [5.41, 5.74) is -0.138. The lowest BCUT2D eigenvalue weighted by molar-refractivity contribution is -0.0278. The molecule has 0 saturated carbocycles.